The number of hydrogen-bond acceptors (Lipinski definition) is 8. The Bertz CT molecular complexity index is 2150. The first-order valence-corrected chi connectivity index (χ1v) is 17.6. The summed E-state index contributed by atoms with van der Waals surface area (Å²) in [6.45, 7) is 4.29. The molecule has 1 unspecified atom stereocenters. The van der Waals surface area contributed by atoms with E-state index in [-0.39, 0.29) is 28.3 Å². The molecule has 1 aliphatic heterocycles. The van der Waals surface area contributed by atoms with E-state index in [0.717, 1.165) is 11.2 Å². The summed E-state index contributed by atoms with van der Waals surface area (Å²) in [5.41, 5.74) is -3.85. The van der Waals surface area contributed by atoms with Gasteiger partial charge < -0.3 is 20.5 Å². The molecule has 13 nitrogen and oxygen atoms in total. The summed E-state index contributed by atoms with van der Waals surface area (Å²) < 4.78 is 91.2. The number of nitrogens with zero attached hydrogens (tertiary/aromatic N) is 6. The molecule has 2 aromatic carbocycles. The van der Waals surface area contributed by atoms with Crippen LogP contribution in [0.2, 0.25) is 5.02 Å². The molecule has 3 heterocycles. The van der Waals surface area contributed by atoms with Crippen molar-refractivity contribution in [3.05, 3.63) is 82.2 Å². The van der Waals surface area contributed by atoms with Gasteiger partial charge in [-0.1, -0.05) is 50.6 Å². The van der Waals surface area contributed by atoms with Gasteiger partial charge in [-0.15, -0.1) is 16.3 Å². The first-order chi connectivity index (χ1) is 25.7. The Balaban J connectivity index is 1.50. The average Bonchev–Trinajstić information content (AvgIpc) is 3.40. The van der Waals surface area contributed by atoms with E-state index in [1.54, 1.807) is 32.3 Å². The van der Waals surface area contributed by atoms with Crippen LogP contribution in [0, 0.1) is 11.2 Å². The SMILES string of the molecule is CC(C)(C)C[C@]1(c2ccc(-c3cncs3)cc2F)NC(=NC(=O)O)N(C(COC(=O)NC2(C(F)(F)F)CC2)c2ccc(Cl)c(-n3ncnc3C(F)F)c2)C1=O. The molecule has 2 aliphatic rings. The predicted molar refractivity (Wildman–Crippen MR) is 185 cm³/mol. The van der Waals surface area contributed by atoms with Gasteiger partial charge in [0.1, 0.15) is 29.8 Å². The van der Waals surface area contributed by atoms with Crippen LogP contribution in [0.15, 0.2) is 59.4 Å². The van der Waals surface area contributed by atoms with Crippen molar-refractivity contribution in [1.29, 1.82) is 0 Å². The maximum Gasteiger partial charge on any atom is 0.434 e. The number of alkyl carbamates (subject to hydrolysis) is 1. The summed E-state index contributed by atoms with van der Waals surface area (Å²) in [4.78, 5) is 52.7. The van der Waals surface area contributed by atoms with Gasteiger partial charge in [0.15, 0.2) is 5.82 Å². The van der Waals surface area contributed by atoms with Crippen molar-refractivity contribution in [2.45, 2.75) is 69.8 Å². The molecule has 6 rings (SSSR count). The van der Waals surface area contributed by atoms with E-state index in [1.807, 2.05) is 5.32 Å². The van der Waals surface area contributed by atoms with Crippen LogP contribution in [0.4, 0.5) is 35.9 Å². The number of guanidine groups is 1. The van der Waals surface area contributed by atoms with E-state index in [2.05, 4.69) is 25.4 Å². The number of carbonyl (C=O) groups is 3. The number of thiazole rings is 1. The van der Waals surface area contributed by atoms with Crippen LogP contribution >= 0.6 is 22.9 Å². The molecule has 1 aliphatic carbocycles. The summed E-state index contributed by atoms with van der Waals surface area (Å²) in [6.07, 6.45) is -9.88. The van der Waals surface area contributed by atoms with E-state index in [4.69, 9.17) is 16.3 Å². The van der Waals surface area contributed by atoms with Gasteiger partial charge in [-0.3, -0.25) is 14.7 Å². The van der Waals surface area contributed by atoms with Gasteiger partial charge >= 0.3 is 18.4 Å². The van der Waals surface area contributed by atoms with E-state index in [9.17, 15) is 36.6 Å². The van der Waals surface area contributed by atoms with Gasteiger partial charge in [-0.05, 0) is 54.0 Å². The number of hydrogen-bond donors (Lipinski definition) is 3. The lowest BCUT2D eigenvalue weighted by Crippen LogP contribution is -2.49. The number of nitrogens with one attached hydrogen (secondary N) is 2. The van der Waals surface area contributed by atoms with Crippen molar-refractivity contribution in [2.24, 2.45) is 10.4 Å². The molecule has 1 saturated heterocycles. The average molecular weight is 813 g/mol. The van der Waals surface area contributed by atoms with Gasteiger partial charge in [0.25, 0.3) is 12.3 Å². The molecule has 1 saturated carbocycles. The number of rotatable bonds is 10. The van der Waals surface area contributed by atoms with Crippen LogP contribution in [0.3, 0.4) is 0 Å². The third kappa shape index (κ3) is 7.82. The molecular formula is C34H31ClF6N8O5S. The van der Waals surface area contributed by atoms with Crippen molar-refractivity contribution in [2.75, 3.05) is 6.61 Å². The van der Waals surface area contributed by atoms with Gasteiger partial charge in [0, 0.05) is 11.8 Å². The Morgan fingerprint density at radius 3 is 2.47 bits per heavy atom. The normalized spacial score (nSPS) is 19.4. The minimum atomic E-state index is -4.81. The summed E-state index contributed by atoms with van der Waals surface area (Å²) >= 11 is 7.63. The quantitative estimate of drug-likeness (QED) is 0.136. The van der Waals surface area contributed by atoms with Crippen LogP contribution in [0.1, 0.15) is 69.5 Å². The molecule has 3 amide bonds. The maximum absolute atomic E-state index is 16.4. The minimum Gasteiger partial charge on any atom is -0.463 e. The number of amides is 3. The van der Waals surface area contributed by atoms with Crippen molar-refractivity contribution < 1.29 is 50.6 Å². The molecule has 0 bridgehead atoms. The maximum atomic E-state index is 16.4. The van der Waals surface area contributed by atoms with Crippen molar-refractivity contribution in [1.82, 2.24) is 35.3 Å². The molecule has 2 aromatic heterocycles. The highest BCUT2D eigenvalue weighted by Gasteiger charge is 2.65. The highest BCUT2D eigenvalue weighted by molar-refractivity contribution is 7.13. The monoisotopic (exact) mass is 812 g/mol. The fourth-order valence-electron chi connectivity index (χ4n) is 6.43. The predicted octanol–water partition coefficient (Wildman–Crippen LogP) is 7.78. The van der Waals surface area contributed by atoms with Crippen LogP contribution in [0.5, 0.6) is 0 Å². The number of carboxylic acid groups (broad SMARTS) is 1. The molecule has 292 valence electrons. The third-order valence-electron chi connectivity index (χ3n) is 8.95. The molecule has 21 heteroatoms. The molecule has 4 aromatic rings. The lowest BCUT2D eigenvalue weighted by Gasteiger charge is -2.35. The largest absolute Gasteiger partial charge is 0.463 e. The molecule has 0 radical (unpaired) electrons. The number of alkyl halides is 5. The molecule has 2 fully saturated rings. The van der Waals surface area contributed by atoms with E-state index in [0.29, 0.717) is 15.1 Å². The second-order valence-electron chi connectivity index (χ2n) is 14.1. The molecule has 2 atom stereocenters. The summed E-state index contributed by atoms with van der Waals surface area (Å²) in [5, 5.41) is 18.2. The standard InChI is InChI=1S/C34H31ClF6N8O5S/c1-31(2,3)14-33(19-6-4-18(10-21(19)36)24-12-42-16-55-24)27(50)48(28(46-33)45-29(51)52)23(13-54-30(53)47-32(8-9-32)34(39,40)41)17-5-7-20(35)22(11-17)49-26(25(37)38)43-15-44-49/h4-7,10-12,15-16,23,25H,8-9,13-14H2,1-3H3,(H,45,46)(H,47,53)(H,51,52)/t23?,33-/m1/s1. The fourth-order valence-corrected chi connectivity index (χ4v) is 7.25. The summed E-state index contributed by atoms with van der Waals surface area (Å²) in [5.74, 6) is -3.32. The van der Waals surface area contributed by atoms with Crippen molar-refractivity contribution in [3.8, 4) is 16.1 Å². The Morgan fingerprint density at radius 2 is 1.89 bits per heavy atom. The number of benzene rings is 2. The van der Waals surface area contributed by atoms with E-state index < -0.39 is 90.3 Å². The Hall–Kier alpha value is -5.24. The lowest BCUT2D eigenvalue weighted by molar-refractivity contribution is -0.164. The lowest BCUT2D eigenvalue weighted by atomic mass is 9.75. The van der Waals surface area contributed by atoms with Crippen LogP contribution in [-0.2, 0) is 15.1 Å². The highest BCUT2D eigenvalue weighted by Crippen LogP contribution is 2.49. The van der Waals surface area contributed by atoms with Gasteiger partial charge in [0.05, 0.1) is 27.1 Å². The van der Waals surface area contributed by atoms with Crippen LogP contribution in [-0.4, -0.2) is 72.1 Å². The Labute approximate surface area is 317 Å². The smallest absolute Gasteiger partial charge is 0.434 e. The zero-order valence-corrected chi connectivity index (χ0v) is 30.6. The van der Waals surface area contributed by atoms with E-state index >= 15 is 9.18 Å². The van der Waals surface area contributed by atoms with Crippen molar-refractivity contribution in [3.63, 3.8) is 0 Å². The molecule has 55 heavy (non-hydrogen) atoms. The summed E-state index contributed by atoms with van der Waals surface area (Å²) in [7, 11) is 0. The second kappa shape index (κ2) is 14.4. The van der Waals surface area contributed by atoms with Gasteiger partial charge in [0.2, 0.25) is 5.96 Å². The fraction of sp³-hybridized carbons (Fsp3) is 0.382. The minimum absolute atomic E-state index is 0.0549. The Morgan fingerprint density at radius 1 is 1.16 bits per heavy atom. The van der Waals surface area contributed by atoms with Gasteiger partial charge in [-0.25, -0.2) is 32.4 Å². The molecular weight excluding hydrogens is 782 g/mol. The first-order valence-electron chi connectivity index (χ1n) is 16.4. The van der Waals surface area contributed by atoms with Crippen LogP contribution < -0.4 is 10.6 Å². The van der Waals surface area contributed by atoms with Gasteiger partial charge in [-0.2, -0.15) is 18.3 Å². The van der Waals surface area contributed by atoms with Crippen LogP contribution in [0.25, 0.3) is 16.1 Å². The summed E-state index contributed by atoms with van der Waals surface area (Å²) in [6, 6.07) is 6.13. The topological polar surface area (TPSA) is 164 Å². The number of halogens is 7. The van der Waals surface area contributed by atoms with E-state index in [1.165, 1.54) is 47.9 Å². The number of aliphatic imine (C=N–C) groups is 1. The number of carbonyl (C=O) groups excluding carboxylic acids is 2. The zero-order chi connectivity index (χ0) is 40.1. The number of ether oxygens (including phenoxy) is 1. The molecule has 3 N–H and O–H groups in total. The third-order valence-corrected chi connectivity index (χ3v) is 10.1. The highest BCUT2D eigenvalue weighted by atomic mass is 35.5. The Kier molecular flexibility index (Phi) is 10.4. The zero-order valence-electron chi connectivity index (χ0n) is 29.0. The number of aromatic nitrogens is 4. The first kappa shape index (κ1) is 39.5. The van der Waals surface area contributed by atoms with Crippen molar-refractivity contribution >= 4 is 47.0 Å². The second-order valence-corrected chi connectivity index (χ2v) is 15.4. The molecule has 0 spiro atoms.